The molecule has 1 heterocycles. The molecule has 0 bridgehead atoms. The first-order valence-electron chi connectivity index (χ1n) is 6.08. The molecular formula is C13H20N2O2. The van der Waals surface area contributed by atoms with Crippen molar-refractivity contribution in [3.63, 3.8) is 0 Å². The largest absolute Gasteiger partial charge is 0.449 e. The molecular weight excluding hydrogens is 216 g/mol. The molecule has 0 aliphatic carbocycles. The third-order valence-corrected chi connectivity index (χ3v) is 2.58. The minimum Gasteiger partial charge on any atom is -0.449 e. The van der Waals surface area contributed by atoms with Gasteiger partial charge in [-0.2, -0.15) is 0 Å². The second-order valence-corrected chi connectivity index (χ2v) is 3.75. The van der Waals surface area contributed by atoms with Crippen LogP contribution in [0.2, 0.25) is 0 Å². The van der Waals surface area contributed by atoms with Crippen LogP contribution in [0.1, 0.15) is 25.8 Å². The van der Waals surface area contributed by atoms with Gasteiger partial charge in [-0.05, 0) is 38.3 Å². The van der Waals surface area contributed by atoms with Crippen molar-refractivity contribution < 1.29 is 9.53 Å². The molecule has 1 amide bonds. The van der Waals surface area contributed by atoms with E-state index in [2.05, 4.69) is 4.98 Å². The maximum atomic E-state index is 11.5. The maximum Gasteiger partial charge on any atom is 0.409 e. The predicted octanol–water partition coefficient (Wildman–Crippen LogP) is 2.49. The molecule has 0 saturated heterocycles. The lowest BCUT2D eigenvalue weighted by molar-refractivity contribution is 0.105. The van der Waals surface area contributed by atoms with E-state index in [0.29, 0.717) is 19.7 Å². The van der Waals surface area contributed by atoms with Crippen LogP contribution >= 0.6 is 0 Å². The number of nitrogens with zero attached hydrogens (tertiary/aromatic N) is 2. The molecule has 0 saturated carbocycles. The van der Waals surface area contributed by atoms with Crippen molar-refractivity contribution in [3.05, 3.63) is 30.1 Å². The van der Waals surface area contributed by atoms with Gasteiger partial charge in [-0.15, -0.1) is 0 Å². The summed E-state index contributed by atoms with van der Waals surface area (Å²) in [5.74, 6) is 0. The molecule has 0 radical (unpaired) electrons. The van der Waals surface area contributed by atoms with Crippen LogP contribution < -0.4 is 0 Å². The zero-order valence-electron chi connectivity index (χ0n) is 10.6. The van der Waals surface area contributed by atoms with Gasteiger partial charge in [0, 0.05) is 25.5 Å². The Morgan fingerprint density at radius 1 is 1.41 bits per heavy atom. The van der Waals surface area contributed by atoms with Crippen LogP contribution in [0.5, 0.6) is 0 Å². The van der Waals surface area contributed by atoms with Gasteiger partial charge in [-0.25, -0.2) is 4.79 Å². The molecule has 0 aliphatic heterocycles. The first kappa shape index (κ1) is 13.5. The number of rotatable bonds is 6. The minimum atomic E-state index is -0.221. The molecule has 1 aromatic rings. The van der Waals surface area contributed by atoms with E-state index in [-0.39, 0.29) is 6.09 Å². The third kappa shape index (κ3) is 4.85. The van der Waals surface area contributed by atoms with Crippen LogP contribution in [0.15, 0.2) is 24.5 Å². The van der Waals surface area contributed by atoms with Crippen LogP contribution in [0.3, 0.4) is 0 Å². The number of carbonyl (C=O) groups is 1. The van der Waals surface area contributed by atoms with Crippen LogP contribution in [-0.2, 0) is 11.2 Å². The van der Waals surface area contributed by atoms with E-state index in [1.54, 1.807) is 11.1 Å². The van der Waals surface area contributed by atoms with Crippen molar-refractivity contribution in [2.24, 2.45) is 0 Å². The number of aryl methyl sites for hydroxylation is 1. The Kier molecular flexibility index (Phi) is 6.07. The van der Waals surface area contributed by atoms with E-state index in [1.807, 2.05) is 32.2 Å². The highest BCUT2D eigenvalue weighted by molar-refractivity contribution is 5.67. The molecule has 0 aliphatic rings. The average Bonchev–Trinajstić information content (AvgIpc) is 2.37. The molecule has 0 fully saturated rings. The fourth-order valence-corrected chi connectivity index (χ4v) is 1.55. The van der Waals surface area contributed by atoms with Crippen molar-refractivity contribution in [3.8, 4) is 0 Å². The first-order chi connectivity index (χ1) is 8.27. The molecule has 94 valence electrons. The van der Waals surface area contributed by atoms with E-state index in [1.165, 1.54) is 5.56 Å². The average molecular weight is 236 g/mol. The van der Waals surface area contributed by atoms with Crippen LogP contribution in [0, 0.1) is 0 Å². The summed E-state index contributed by atoms with van der Waals surface area (Å²) in [6.45, 7) is 5.74. The van der Waals surface area contributed by atoms with Gasteiger partial charge in [0.2, 0.25) is 0 Å². The summed E-state index contributed by atoms with van der Waals surface area (Å²) in [6, 6.07) is 3.94. The highest BCUT2D eigenvalue weighted by Gasteiger charge is 2.09. The molecule has 4 nitrogen and oxygen atoms in total. The van der Waals surface area contributed by atoms with Crippen molar-refractivity contribution >= 4 is 6.09 Å². The van der Waals surface area contributed by atoms with Gasteiger partial charge in [-0.3, -0.25) is 4.98 Å². The molecule has 0 aromatic carbocycles. The van der Waals surface area contributed by atoms with Crippen molar-refractivity contribution in [1.29, 1.82) is 0 Å². The Morgan fingerprint density at radius 3 is 2.76 bits per heavy atom. The highest BCUT2D eigenvalue weighted by Crippen LogP contribution is 2.01. The number of pyridine rings is 1. The van der Waals surface area contributed by atoms with Gasteiger partial charge >= 0.3 is 6.09 Å². The second-order valence-electron chi connectivity index (χ2n) is 3.75. The maximum absolute atomic E-state index is 11.5. The zero-order chi connectivity index (χ0) is 12.5. The first-order valence-corrected chi connectivity index (χ1v) is 6.08. The topological polar surface area (TPSA) is 42.4 Å². The van der Waals surface area contributed by atoms with Crippen molar-refractivity contribution in [1.82, 2.24) is 9.88 Å². The number of carbonyl (C=O) groups excluding carboxylic acids is 1. The van der Waals surface area contributed by atoms with E-state index in [0.717, 1.165) is 12.8 Å². The molecule has 0 N–H and O–H groups in total. The van der Waals surface area contributed by atoms with E-state index >= 15 is 0 Å². The molecule has 1 rings (SSSR count). The molecule has 17 heavy (non-hydrogen) atoms. The molecule has 0 unspecified atom stereocenters. The van der Waals surface area contributed by atoms with E-state index < -0.39 is 0 Å². The van der Waals surface area contributed by atoms with Gasteiger partial charge in [0.05, 0.1) is 6.61 Å². The minimum absolute atomic E-state index is 0.221. The molecule has 0 spiro atoms. The second kappa shape index (κ2) is 7.65. The number of hydrogen-bond donors (Lipinski definition) is 0. The summed E-state index contributed by atoms with van der Waals surface area (Å²) in [6.07, 6.45) is 5.09. The summed E-state index contributed by atoms with van der Waals surface area (Å²) in [4.78, 5) is 17.2. The van der Waals surface area contributed by atoms with Gasteiger partial charge < -0.3 is 9.64 Å². The quantitative estimate of drug-likeness (QED) is 0.713. The summed E-state index contributed by atoms with van der Waals surface area (Å²) in [5, 5.41) is 0. The summed E-state index contributed by atoms with van der Waals surface area (Å²) in [7, 11) is 0. The van der Waals surface area contributed by atoms with Crippen molar-refractivity contribution in [2.45, 2.75) is 26.7 Å². The smallest absolute Gasteiger partial charge is 0.409 e. The Balaban J connectivity index is 2.18. The summed E-state index contributed by atoms with van der Waals surface area (Å²) >= 11 is 0. The lowest BCUT2D eigenvalue weighted by Crippen LogP contribution is -2.31. The monoisotopic (exact) mass is 236 g/mol. The van der Waals surface area contributed by atoms with E-state index in [4.69, 9.17) is 4.74 Å². The third-order valence-electron chi connectivity index (χ3n) is 2.58. The van der Waals surface area contributed by atoms with Crippen LogP contribution in [-0.4, -0.2) is 35.7 Å². The van der Waals surface area contributed by atoms with Gasteiger partial charge in [0.15, 0.2) is 0 Å². The number of ether oxygens (including phenoxy) is 1. The van der Waals surface area contributed by atoms with Crippen molar-refractivity contribution in [2.75, 3.05) is 19.7 Å². The lowest BCUT2D eigenvalue weighted by Gasteiger charge is -2.17. The SMILES string of the molecule is CCN(CC)C(=O)OCCCc1cccnc1. The fourth-order valence-electron chi connectivity index (χ4n) is 1.55. The molecule has 1 aromatic heterocycles. The van der Waals surface area contributed by atoms with Crippen LogP contribution in [0.4, 0.5) is 4.79 Å². The van der Waals surface area contributed by atoms with Gasteiger partial charge in [0.1, 0.15) is 0 Å². The Labute approximate surface area is 103 Å². The fraction of sp³-hybridized carbons (Fsp3) is 0.538. The number of aromatic nitrogens is 1. The number of hydrogen-bond acceptors (Lipinski definition) is 3. The van der Waals surface area contributed by atoms with Crippen LogP contribution in [0.25, 0.3) is 0 Å². The Hall–Kier alpha value is -1.58. The Bertz CT molecular complexity index is 323. The summed E-state index contributed by atoms with van der Waals surface area (Å²) < 4.78 is 5.17. The zero-order valence-corrected chi connectivity index (χ0v) is 10.6. The summed E-state index contributed by atoms with van der Waals surface area (Å²) in [5.41, 5.74) is 1.17. The van der Waals surface area contributed by atoms with Gasteiger partial charge in [0.25, 0.3) is 0 Å². The van der Waals surface area contributed by atoms with E-state index in [9.17, 15) is 4.79 Å². The highest BCUT2D eigenvalue weighted by atomic mass is 16.6. The normalized spacial score (nSPS) is 10.0. The molecule has 4 heteroatoms. The number of amides is 1. The predicted molar refractivity (Wildman–Crippen MR) is 66.8 cm³/mol. The van der Waals surface area contributed by atoms with Gasteiger partial charge in [-0.1, -0.05) is 6.07 Å². The standard InChI is InChI=1S/C13H20N2O2/c1-3-15(4-2)13(16)17-10-6-8-12-7-5-9-14-11-12/h5,7,9,11H,3-4,6,8,10H2,1-2H3. The lowest BCUT2D eigenvalue weighted by atomic mass is 10.2. The molecule has 0 atom stereocenters. The Morgan fingerprint density at radius 2 is 2.18 bits per heavy atom.